The molecular weight excluding hydrogens is 364 g/mol. The average molecular weight is 385 g/mol. The summed E-state index contributed by atoms with van der Waals surface area (Å²) in [5.74, 6) is 0.562. The first-order chi connectivity index (χ1) is 11.0. The number of likely N-dealkylation sites (tertiary alicyclic amines) is 1. The van der Waals surface area contributed by atoms with Crippen molar-refractivity contribution in [2.24, 2.45) is 0 Å². The van der Waals surface area contributed by atoms with Crippen molar-refractivity contribution in [3.63, 3.8) is 0 Å². The lowest BCUT2D eigenvalue weighted by molar-refractivity contribution is 0.0860. The van der Waals surface area contributed by atoms with Crippen LogP contribution in [0.2, 0.25) is 0 Å². The fraction of sp³-hybridized carbons (Fsp3) is 0.500. The van der Waals surface area contributed by atoms with Gasteiger partial charge in [0.25, 0.3) is 5.91 Å². The van der Waals surface area contributed by atoms with Crippen LogP contribution in [0.25, 0.3) is 0 Å². The first-order valence-electron chi connectivity index (χ1n) is 7.61. The highest BCUT2D eigenvalue weighted by Crippen LogP contribution is 2.25. The number of methoxy groups -OCH3 is 1. The Bertz CT molecular complexity index is 571. The minimum absolute atomic E-state index is 0.0639. The van der Waals surface area contributed by atoms with E-state index >= 15 is 0 Å². The summed E-state index contributed by atoms with van der Waals surface area (Å²) in [5, 5.41) is 3.01. The first-order valence-corrected chi connectivity index (χ1v) is 8.40. The summed E-state index contributed by atoms with van der Waals surface area (Å²) in [7, 11) is 1.58. The molecule has 1 heterocycles. The summed E-state index contributed by atoms with van der Waals surface area (Å²) in [6.07, 6.45) is 1.17. The Kier molecular flexibility index (Phi) is 6.27. The van der Waals surface area contributed by atoms with Crippen molar-refractivity contribution in [3.05, 3.63) is 28.2 Å². The molecule has 0 bridgehead atoms. The van der Waals surface area contributed by atoms with Gasteiger partial charge >= 0.3 is 6.09 Å². The van der Waals surface area contributed by atoms with E-state index in [-0.39, 0.29) is 18.0 Å². The number of nitrogens with one attached hydrogen (secondary N) is 1. The van der Waals surface area contributed by atoms with Crippen LogP contribution in [0.5, 0.6) is 5.75 Å². The number of hydrogen-bond acceptors (Lipinski definition) is 4. The third-order valence-corrected chi connectivity index (χ3v) is 4.39. The van der Waals surface area contributed by atoms with E-state index in [0.717, 1.165) is 17.3 Å². The van der Waals surface area contributed by atoms with E-state index in [1.165, 1.54) is 0 Å². The predicted octanol–water partition coefficient (Wildman–Crippen LogP) is 2.81. The highest BCUT2D eigenvalue weighted by atomic mass is 79.9. The summed E-state index contributed by atoms with van der Waals surface area (Å²) in [4.78, 5) is 25.6. The van der Waals surface area contributed by atoms with Gasteiger partial charge in [0.2, 0.25) is 0 Å². The van der Waals surface area contributed by atoms with Crippen molar-refractivity contribution in [2.75, 3.05) is 26.8 Å². The Morgan fingerprint density at radius 1 is 1.35 bits per heavy atom. The van der Waals surface area contributed by atoms with E-state index in [4.69, 9.17) is 9.47 Å². The van der Waals surface area contributed by atoms with E-state index in [0.29, 0.717) is 31.0 Å². The van der Waals surface area contributed by atoms with Crippen LogP contribution in [0.3, 0.4) is 0 Å². The van der Waals surface area contributed by atoms with Crippen LogP contribution in [-0.2, 0) is 4.74 Å². The molecule has 1 aromatic carbocycles. The van der Waals surface area contributed by atoms with Gasteiger partial charge in [-0.1, -0.05) is 0 Å². The third-order valence-electron chi connectivity index (χ3n) is 3.77. The second-order valence-electron chi connectivity index (χ2n) is 5.28. The third kappa shape index (κ3) is 4.60. The minimum Gasteiger partial charge on any atom is -0.496 e. The molecule has 1 saturated heterocycles. The van der Waals surface area contributed by atoms with E-state index in [1.54, 1.807) is 37.1 Å². The molecule has 1 aliphatic heterocycles. The van der Waals surface area contributed by atoms with Crippen LogP contribution in [0.15, 0.2) is 22.7 Å². The Hall–Kier alpha value is -1.76. The standard InChI is InChI=1S/C16H21BrN2O4/c1-3-23-16(21)19-8-6-12(7-9-19)18-15(20)11-4-5-14(22-2)13(17)10-11/h4-5,10,12H,3,6-9H2,1-2H3,(H,18,20). The summed E-state index contributed by atoms with van der Waals surface area (Å²) in [5.41, 5.74) is 0.575. The van der Waals surface area contributed by atoms with Crippen molar-refractivity contribution < 1.29 is 19.1 Å². The van der Waals surface area contributed by atoms with E-state index in [1.807, 2.05) is 0 Å². The molecule has 2 amide bonds. The van der Waals surface area contributed by atoms with Crippen LogP contribution in [-0.4, -0.2) is 49.7 Å². The van der Waals surface area contributed by atoms with Gasteiger partial charge < -0.3 is 19.7 Å². The quantitative estimate of drug-likeness (QED) is 0.866. The van der Waals surface area contributed by atoms with Gasteiger partial charge in [0.05, 0.1) is 18.2 Å². The molecule has 1 aromatic rings. The zero-order valence-corrected chi connectivity index (χ0v) is 14.9. The minimum atomic E-state index is -0.281. The summed E-state index contributed by atoms with van der Waals surface area (Å²) in [6, 6.07) is 5.28. The van der Waals surface area contributed by atoms with Crippen molar-refractivity contribution in [3.8, 4) is 5.75 Å². The Balaban J connectivity index is 1.87. The molecular formula is C16H21BrN2O4. The second-order valence-corrected chi connectivity index (χ2v) is 6.14. The maximum atomic E-state index is 12.3. The highest BCUT2D eigenvalue weighted by Gasteiger charge is 2.24. The molecule has 0 spiro atoms. The number of hydrogen-bond donors (Lipinski definition) is 1. The topological polar surface area (TPSA) is 67.9 Å². The van der Waals surface area contributed by atoms with Crippen molar-refractivity contribution in [2.45, 2.75) is 25.8 Å². The van der Waals surface area contributed by atoms with Gasteiger partial charge in [-0.2, -0.15) is 0 Å². The average Bonchev–Trinajstić information content (AvgIpc) is 2.55. The summed E-state index contributed by atoms with van der Waals surface area (Å²) in [6.45, 7) is 3.35. The SMILES string of the molecule is CCOC(=O)N1CCC(NC(=O)c2ccc(OC)c(Br)c2)CC1. The molecule has 0 atom stereocenters. The largest absolute Gasteiger partial charge is 0.496 e. The van der Waals surface area contributed by atoms with Crippen molar-refractivity contribution in [1.29, 1.82) is 0 Å². The first kappa shape index (κ1) is 17.6. The highest BCUT2D eigenvalue weighted by molar-refractivity contribution is 9.10. The molecule has 7 heteroatoms. The predicted molar refractivity (Wildman–Crippen MR) is 89.8 cm³/mol. The van der Waals surface area contributed by atoms with Crippen LogP contribution in [0.1, 0.15) is 30.1 Å². The number of carbonyl (C=O) groups is 2. The summed E-state index contributed by atoms with van der Waals surface area (Å²) >= 11 is 3.38. The lowest BCUT2D eigenvalue weighted by Crippen LogP contribution is -2.46. The Labute approximate surface area is 144 Å². The van der Waals surface area contributed by atoms with E-state index < -0.39 is 0 Å². The van der Waals surface area contributed by atoms with Crippen LogP contribution >= 0.6 is 15.9 Å². The van der Waals surface area contributed by atoms with Gasteiger partial charge in [-0.15, -0.1) is 0 Å². The molecule has 2 rings (SSSR count). The molecule has 6 nitrogen and oxygen atoms in total. The molecule has 23 heavy (non-hydrogen) atoms. The van der Waals surface area contributed by atoms with E-state index in [9.17, 15) is 9.59 Å². The molecule has 0 radical (unpaired) electrons. The van der Waals surface area contributed by atoms with Crippen LogP contribution in [0, 0.1) is 0 Å². The monoisotopic (exact) mass is 384 g/mol. The molecule has 0 saturated carbocycles. The van der Waals surface area contributed by atoms with Gasteiger partial charge in [0.1, 0.15) is 5.75 Å². The van der Waals surface area contributed by atoms with Gasteiger partial charge in [-0.3, -0.25) is 4.79 Å². The fourth-order valence-electron chi connectivity index (χ4n) is 2.50. The lowest BCUT2D eigenvalue weighted by atomic mass is 10.0. The zero-order valence-electron chi connectivity index (χ0n) is 13.3. The number of ether oxygens (including phenoxy) is 2. The van der Waals surface area contributed by atoms with Crippen LogP contribution < -0.4 is 10.1 Å². The normalized spacial score (nSPS) is 15.2. The van der Waals surface area contributed by atoms with Gasteiger partial charge in [0.15, 0.2) is 0 Å². The summed E-state index contributed by atoms with van der Waals surface area (Å²) < 4.78 is 10.9. The van der Waals surface area contributed by atoms with Crippen molar-refractivity contribution in [1.82, 2.24) is 10.2 Å². The molecule has 0 aromatic heterocycles. The molecule has 0 aliphatic carbocycles. The Morgan fingerprint density at radius 2 is 2.04 bits per heavy atom. The van der Waals surface area contributed by atoms with Crippen LogP contribution in [0.4, 0.5) is 4.79 Å². The molecule has 1 fully saturated rings. The molecule has 1 aliphatic rings. The number of piperidine rings is 1. The van der Waals surface area contributed by atoms with Gasteiger partial charge in [-0.05, 0) is 53.9 Å². The maximum absolute atomic E-state index is 12.3. The number of benzene rings is 1. The zero-order chi connectivity index (χ0) is 16.8. The number of rotatable bonds is 4. The molecule has 1 N–H and O–H groups in total. The smallest absolute Gasteiger partial charge is 0.409 e. The molecule has 126 valence electrons. The number of carbonyl (C=O) groups excluding carboxylic acids is 2. The number of nitrogens with zero attached hydrogens (tertiary/aromatic N) is 1. The van der Waals surface area contributed by atoms with Gasteiger partial charge in [-0.25, -0.2) is 4.79 Å². The van der Waals surface area contributed by atoms with E-state index in [2.05, 4.69) is 21.2 Å². The second kappa shape index (κ2) is 8.19. The fourth-order valence-corrected chi connectivity index (χ4v) is 3.04. The lowest BCUT2D eigenvalue weighted by Gasteiger charge is -2.31. The Morgan fingerprint density at radius 3 is 2.61 bits per heavy atom. The van der Waals surface area contributed by atoms with Gasteiger partial charge in [0, 0.05) is 24.7 Å². The number of halogens is 1. The number of amides is 2. The molecule has 0 unspecified atom stereocenters. The van der Waals surface area contributed by atoms with Crippen molar-refractivity contribution >= 4 is 27.9 Å². The maximum Gasteiger partial charge on any atom is 0.409 e.